The molecule has 0 spiro atoms. The number of rotatable bonds is 6. The maximum absolute atomic E-state index is 12.9. The largest absolute Gasteiger partial charge is 0.337 e. The second-order valence-corrected chi connectivity index (χ2v) is 10.2. The molecular weight excluding hydrogens is 462 g/mol. The lowest BCUT2D eigenvalue weighted by Crippen LogP contribution is -2.50. The van der Waals surface area contributed by atoms with Gasteiger partial charge in [0.2, 0.25) is 10.0 Å². The zero-order valence-corrected chi connectivity index (χ0v) is 19.9. The third-order valence-electron chi connectivity index (χ3n) is 5.59. The van der Waals surface area contributed by atoms with E-state index in [0.717, 1.165) is 16.6 Å². The zero-order chi connectivity index (χ0) is 23.4. The Morgan fingerprint density at radius 2 is 1.76 bits per heavy atom. The van der Waals surface area contributed by atoms with E-state index < -0.39 is 10.0 Å². The lowest BCUT2D eigenvalue weighted by molar-refractivity contribution is 0.189. The number of anilines is 1. The molecule has 174 valence electrons. The Hall–Kier alpha value is -2.72. The highest BCUT2D eigenvalue weighted by molar-refractivity contribution is 7.89. The highest BCUT2D eigenvalue weighted by atomic mass is 35.5. The molecule has 2 amide bonds. The summed E-state index contributed by atoms with van der Waals surface area (Å²) in [6, 6.07) is 15.7. The third-order valence-corrected chi connectivity index (χ3v) is 7.99. The Balaban J connectivity index is 1.26. The molecule has 3 aromatic rings. The first kappa shape index (κ1) is 23.4. The van der Waals surface area contributed by atoms with E-state index in [9.17, 15) is 13.2 Å². The number of sulfonamides is 1. The SMILES string of the molecule is Cc1cc(NC(=O)NCCN2CCN(S(=O)(=O)c3ccccc3Cl)CC2)c2ccccc2n1. The van der Waals surface area contributed by atoms with E-state index in [1.165, 1.54) is 10.4 Å². The van der Waals surface area contributed by atoms with Crippen LogP contribution in [0.25, 0.3) is 10.9 Å². The van der Waals surface area contributed by atoms with Gasteiger partial charge in [-0.15, -0.1) is 0 Å². The molecule has 0 radical (unpaired) electrons. The van der Waals surface area contributed by atoms with Crippen LogP contribution in [0.3, 0.4) is 0 Å². The summed E-state index contributed by atoms with van der Waals surface area (Å²) in [5.41, 5.74) is 2.38. The monoisotopic (exact) mass is 487 g/mol. The van der Waals surface area contributed by atoms with Crippen molar-refractivity contribution in [1.82, 2.24) is 19.5 Å². The average Bonchev–Trinajstić information content (AvgIpc) is 2.79. The van der Waals surface area contributed by atoms with E-state index in [0.29, 0.717) is 45.0 Å². The van der Waals surface area contributed by atoms with Gasteiger partial charge in [-0.3, -0.25) is 9.88 Å². The van der Waals surface area contributed by atoms with Gasteiger partial charge in [-0.1, -0.05) is 41.9 Å². The summed E-state index contributed by atoms with van der Waals surface area (Å²) in [5, 5.41) is 6.89. The number of piperazine rings is 1. The number of para-hydroxylation sites is 1. The molecule has 8 nitrogen and oxygen atoms in total. The molecule has 2 N–H and O–H groups in total. The summed E-state index contributed by atoms with van der Waals surface area (Å²) in [4.78, 5) is 19.2. The van der Waals surface area contributed by atoms with Crippen molar-refractivity contribution in [1.29, 1.82) is 0 Å². The van der Waals surface area contributed by atoms with E-state index in [4.69, 9.17) is 11.6 Å². The van der Waals surface area contributed by atoms with Gasteiger partial charge < -0.3 is 10.6 Å². The van der Waals surface area contributed by atoms with Crippen LogP contribution in [0.4, 0.5) is 10.5 Å². The van der Waals surface area contributed by atoms with Crippen LogP contribution in [0.1, 0.15) is 5.69 Å². The molecule has 0 aliphatic carbocycles. The Morgan fingerprint density at radius 3 is 2.52 bits per heavy atom. The molecule has 33 heavy (non-hydrogen) atoms. The number of urea groups is 1. The number of carbonyl (C=O) groups is 1. The summed E-state index contributed by atoms with van der Waals surface area (Å²) in [6.45, 7) is 4.89. The fraction of sp³-hybridized carbons (Fsp3) is 0.304. The van der Waals surface area contributed by atoms with E-state index in [1.54, 1.807) is 18.2 Å². The second kappa shape index (κ2) is 10.0. The van der Waals surface area contributed by atoms with Crippen LogP contribution in [0.15, 0.2) is 59.5 Å². The maximum atomic E-state index is 12.9. The lowest BCUT2D eigenvalue weighted by atomic mass is 10.1. The quantitative estimate of drug-likeness (QED) is 0.556. The van der Waals surface area contributed by atoms with Crippen molar-refractivity contribution in [2.24, 2.45) is 0 Å². The number of nitrogens with zero attached hydrogens (tertiary/aromatic N) is 3. The Labute approximate surface area is 198 Å². The van der Waals surface area contributed by atoms with Crippen LogP contribution >= 0.6 is 11.6 Å². The maximum Gasteiger partial charge on any atom is 0.319 e. The van der Waals surface area contributed by atoms with Crippen LogP contribution in [-0.2, 0) is 10.0 Å². The smallest absolute Gasteiger partial charge is 0.319 e. The van der Waals surface area contributed by atoms with Gasteiger partial charge >= 0.3 is 6.03 Å². The number of aromatic nitrogens is 1. The van der Waals surface area contributed by atoms with E-state index in [2.05, 4.69) is 20.5 Å². The highest BCUT2D eigenvalue weighted by Gasteiger charge is 2.29. The standard InChI is InChI=1S/C23H26ClN5O3S/c1-17-16-21(18-6-2-4-8-20(18)26-17)27-23(30)25-10-11-28-12-14-29(15-13-28)33(31,32)22-9-5-3-7-19(22)24/h2-9,16H,10-15H2,1H3,(H2,25,26,27,30). The van der Waals surface area contributed by atoms with Crippen molar-refractivity contribution < 1.29 is 13.2 Å². The summed E-state index contributed by atoms with van der Waals surface area (Å²) in [5.74, 6) is 0. The third kappa shape index (κ3) is 5.44. The lowest BCUT2D eigenvalue weighted by Gasteiger charge is -2.34. The van der Waals surface area contributed by atoms with Crippen molar-refractivity contribution in [2.45, 2.75) is 11.8 Å². The van der Waals surface area contributed by atoms with Gasteiger partial charge in [-0.2, -0.15) is 4.31 Å². The number of hydrogen-bond acceptors (Lipinski definition) is 5. The van der Waals surface area contributed by atoms with Crippen LogP contribution in [0.5, 0.6) is 0 Å². The number of aryl methyl sites for hydroxylation is 1. The number of carbonyl (C=O) groups excluding carboxylic acids is 1. The first-order valence-corrected chi connectivity index (χ1v) is 12.5. The van der Waals surface area contributed by atoms with E-state index >= 15 is 0 Å². The molecule has 0 saturated carbocycles. The molecule has 0 bridgehead atoms. The van der Waals surface area contributed by atoms with Crippen molar-refractivity contribution in [2.75, 3.05) is 44.6 Å². The summed E-state index contributed by atoms with van der Waals surface area (Å²) < 4.78 is 27.2. The molecule has 2 aromatic carbocycles. The molecule has 1 aliphatic rings. The van der Waals surface area contributed by atoms with Gasteiger partial charge in [0.25, 0.3) is 0 Å². The summed E-state index contributed by atoms with van der Waals surface area (Å²) in [6.07, 6.45) is 0. The molecule has 1 aromatic heterocycles. The molecule has 0 unspecified atom stereocenters. The molecule has 1 fully saturated rings. The van der Waals surface area contributed by atoms with Crippen LogP contribution in [0.2, 0.25) is 5.02 Å². The second-order valence-electron chi connectivity index (χ2n) is 7.89. The number of amides is 2. The van der Waals surface area contributed by atoms with Gasteiger partial charge in [0.05, 0.1) is 16.2 Å². The van der Waals surface area contributed by atoms with Crippen molar-refractivity contribution in [3.05, 3.63) is 65.3 Å². The molecule has 1 saturated heterocycles. The first-order valence-electron chi connectivity index (χ1n) is 10.7. The topological polar surface area (TPSA) is 94.6 Å². The molecular formula is C23H26ClN5O3S. The van der Waals surface area contributed by atoms with Crippen molar-refractivity contribution in [3.63, 3.8) is 0 Å². The number of nitrogens with one attached hydrogen (secondary N) is 2. The van der Waals surface area contributed by atoms with Crippen LogP contribution < -0.4 is 10.6 Å². The Morgan fingerprint density at radius 1 is 1.06 bits per heavy atom. The van der Waals surface area contributed by atoms with Crippen molar-refractivity contribution in [3.8, 4) is 0 Å². The van der Waals surface area contributed by atoms with Gasteiger partial charge in [0.15, 0.2) is 0 Å². The molecule has 4 rings (SSSR count). The van der Waals surface area contributed by atoms with Gasteiger partial charge in [-0.25, -0.2) is 13.2 Å². The number of pyridine rings is 1. The molecule has 1 aliphatic heterocycles. The number of halogens is 1. The Bertz CT molecular complexity index is 1260. The number of benzene rings is 2. The normalized spacial score (nSPS) is 15.5. The Kier molecular flexibility index (Phi) is 7.14. The van der Waals surface area contributed by atoms with Crippen LogP contribution in [-0.4, -0.2) is 67.9 Å². The molecule has 10 heteroatoms. The van der Waals surface area contributed by atoms with E-state index in [1.807, 2.05) is 37.3 Å². The van der Waals surface area contributed by atoms with Gasteiger partial charge in [-0.05, 0) is 31.2 Å². The minimum absolute atomic E-state index is 0.136. The minimum Gasteiger partial charge on any atom is -0.337 e. The minimum atomic E-state index is -3.62. The number of fused-ring (bicyclic) bond motifs is 1. The number of hydrogen-bond donors (Lipinski definition) is 2. The average molecular weight is 488 g/mol. The predicted octanol–water partition coefficient (Wildman–Crippen LogP) is 3.32. The summed E-state index contributed by atoms with van der Waals surface area (Å²) >= 11 is 6.09. The van der Waals surface area contributed by atoms with E-state index in [-0.39, 0.29) is 15.9 Å². The van der Waals surface area contributed by atoms with Gasteiger partial charge in [0, 0.05) is 50.3 Å². The predicted molar refractivity (Wildman–Crippen MR) is 130 cm³/mol. The molecule has 2 heterocycles. The van der Waals surface area contributed by atoms with Gasteiger partial charge in [0.1, 0.15) is 4.90 Å². The van der Waals surface area contributed by atoms with Crippen molar-refractivity contribution >= 4 is 44.2 Å². The highest BCUT2D eigenvalue weighted by Crippen LogP contribution is 2.25. The fourth-order valence-corrected chi connectivity index (χ4v) is 5.81. The zero-order valence-electron chi connectivity index (χ0n) is 18.3. The summed E-state index contributed by atoms with van der Waals surface area (Å²) in [7, 11) is -3.62. The molecule has 0 atom stereocenters. The fourth-order valence-electron chi connectivity index (χ4n) is 3.89. The first-order chi connectivity index (χ1) is 15.8. The van der Waals surface area contributed by atoms with Crippen LogP contribution in [0, 0.1) is 6.92 Å².